The molecule has 0 saturated carbocycles. The van der Waals surface area contributed by atoms with E-state index >= 15 is 0 Å². The lowest BCUT2D eigenvalue weighted by Crippen LogP contribution is -2.14. The summed E-state index contributed by atoms with van der Waals surface area (Å²) >= 11 is 0. The Morgan fingerprint density at radius 1 is 1.23 bits per heavy atom. The zero-order valence-electron chi connectivity index (χ0n) is 8.50. The van der Waals surface area contributed by atoms with Gasteiger partial charge in [0.15, 0.2) is 6.29 Å². The molecule has 0 aromatic heterocycles. The molecule has 2 nitrogen and oxygen atoms in total. The fourth-order valence-corrected chi connectivity index (χ4v) is 2.51. The Morgan fingerprint density at radius 3 is 3.00 bits per heavy atom. The molecule has 0 aromatic carbocycles. The van der Waals surface area contributed by atoms with Gasteiger partial charge in [-0.05, 0) is 18.8 Å². The minimum atomic E-state index is 0.159. The quantitative estimate of drug-likeness (QED) is 0.625. The number of fused-ring (bicyclic) bond motifs is 1. The minimum Gasteiger partial charge on any atom is -0.352 e. The predicted octanol–water partition coefficient (Wildman–Crippen LogP) is 2.58. The number of rotatable bonds is 4. The van der Waals surface area contributed by atoms with Gasteiger partial charge in [0.2, 0.25) is 0 Å². The van der Waals surface area contributed by atoms with Crippen LogP contribution in [0.2, 0.25) is 0 Å². The molecule has 2 heterocycles. The molecule has 2 aliphatic rings. The SMILES string of the molecule is CCCCCC1COC2OCCC12. The summed E-state index contributed by atoms with van der Waals surface area (Å²) in [5.41, 5.74) is 0. The van der Waals surface area contributed by atoms with Crippen molar-refractivity contribution in [2.24, 2.45) is 11.8 Å². The summed E-state index contributed by atoms with van der Waals surface area (Å²) in [6.07, 6.45) is 6.78. The zero-order valence-corrected chi connectivity index (χ0v) is 8.50. The van der Waals surface area contributed by atoms with E-state index in [4.69, 9.17) is 9.47 Å². The first-order valence-electron chi connectivity index (χ1n) is 5.65. The van der Waals surface area contributed by atoms with Crippen LogP contribution < -0.4 is 0 Å². The number of unbranched alkanes of at least 4 members (excludes halogenated alkanes) is 2. The fourth-order valence-electron chi connectivity index (χ4n) is 2.51. The van der Waals surface area contributed by atoms with Gasteiger partial charge in [-0.25, -0.2) is 0 Å². The molecule has 2 saturated heterocycles. The predicted molar refractivity (Wildman–Crippen MR) is 51.4 cm³/mol. The highest BCUT2D eigenvalue weighted by atomic mass is 16.7. The molecule has 3 unspecified atom stereocenters. The van der Waals surface area contributed by atoms with Crippen LogP contribution >= 0.6 is 0 Å². The molecule has 0 amide bonds. The van der Waals surface area contributed by atoms with E-state index in [1.807, 2.05) is 0 Å². The summed E-state index contributed by atoms with van der Waals surface area (Å²) in [4.78, 5) is 0. The Kier molecular flexibility index (Phi) is 3.23. The van der Waals surface area contributed by atoms with Gasteiger partial charge in [0.05, 0.1) is 13.2 Å². The van der Waals surface area contributed by atoms with E-state index in [-0.39, 0.29) is 6.29 Å². The van der Waals surface area contributed by atoms with Crippen LogP contribution in [0, 0.1) is 11.8 Å². The number of hydrogen-bond acceptors (Lipinski definition) is 2. The molecule has 0 bridgehead atoms. The lowest BCUT2D eigenvalue weighted by atomic mass is 9.89. The van der Waals surface area contributed by atoms with Crippen LogP contribution in [0.3, 0.4) is 0 Å². The number of ether oxygens (including phenoxy) is 2. The Hall–Kier alpha value is -0.0800. The Morgan fingerprint density at radius 2 is 2.15 bits per heavy atom. The molecule has 0 aliphatic carbocycles. The van der Waals surface area contributed by atoms with Crippen LogP contribution in [0.25, 0.3) is 0 Å². The summed E-state index contributed by atoms with van der Waals surface area (Å²) < 4.78 is 11.1. The first-order chi connectivity index (χ1) is 6.42. The third kappa shape index (κ3) is 2.05. The molecule has 0 spiro atoms. The Labute approximate surface area is 80.6 Å². The van der Waals surface area contributed by atoms with E-state index in [2.05, 4.69) is 6.92 Å². The second-order valence-corrected chi connectivity index (χ2v) is 4.28. The first kappa shape index (κ1) is 9.47. The van der Waals surface area contributed by atoms with Gasteiger partial charge < -0.3 is 9.47 Å². The molecule has 0 N–H and O–H groups in total. The van der Waals surface area contributed by atoms with E-state index in [1.165, 1.54) is 32.1 Å². The van der Waals surface area contributed by atoms with Crippen LogP contribution in [0.4, 0.5) is 0 Å². The summed E-state index contributed by atoms with van der Waals surface area (Å²) in [6, 6.07) is 0. The van der Waals surface area contributed by atoms with Crippen LogP contribution in [-0.4, -0.2) is 19.5 Å². The summed E-state index contributed by atoms with van der Waals surface area (Å²) in [5, 5.41) is 0. The van der Waals surface area contributed by atoms with E-state index in [9.17, 15) is 0 Å². The average Bonchev–Trinajstić information content (AvgIpc) is 2.68. The molecular weight excluding hydrogens is 164 g/mol. The Bertz CT molecular complexity index is 158. The smallest absolute Gasteiger partial charge is 0.160 e. The van der Waals surface area contributed by atoms with Gasteiger partial charge in [-0.3, -0.25) is 0 Å². The second-order valence-electron chi connectivity index (χ2n) is 4.28. The Balaban J connectivity index is 1.74. The van der Waals surface area contributed by atoms with Gasteiger partial charge in [0.1, 0.15) is 0 Å². The molecule has 2 fully saturated rings. The van der Waals surface area contributed by atoms with Crippen molar-refractivity contribution in [3.05, 3.63) is 0 Å². The van der Waals surface area contributed by atoms with Crippen molar-refractivity contribution in [2.45, 2.75) is 45.3 Å². The zero-order chi connectivity index (χ0) is 9.10. The van der Waals surface area contributed by atoms with Gasteiger partial charge in [-0.1, -0.05) is 26.2 Å². The van der Waals surface area contributed by atoms with Crippen molar-refractivity contribution in [3.63, 3.8) is 0 Å². The first-order valence-corrected chi connectivity index (χ1v) is 5.65. The summed E-state index contributed by atoms with van der Waals surface area (Å²) in [6.45, 7) is 4.12. The van der Waals surface area contributed by atoms with E-state index < -0.39 is 0 Å². The highest BCUT2D eigenvalue weighted by Crippen LogP contribution is 2.37. The van der Waals surface area contributed by atoms with Crippen molar-refractivity contribution in [1.29, 1.82) is 0 Å². The minimum absolute atomic E-state index is 0.159. The normalized spacial score (nSPS) is 38.1. The molecule has 3 atom stereocenters. The van der Waals surface area contributed by atoms with Gasteiger partial charge in [0.25, 0.3) is 0 Å². The third-order valence-corrected chi connectivity index (χ3v) is 3.34. The second kappa shape index (κ2) is 4.43. The van der Waals surface area contributed by atoms with Gasteiger partial charge in [-0.2, -0.15) is 0 Å². The van der Waals surface area contributed by atoms with Crippen LogP contribution in [-0.2, 0) is 9.47 Å². The average molecular weight is 184 g/mol. The van der Waals surface area contributed by atoms with Crippen LogP contribution in [0.15, 0.2) is 0 Å². The topological polar surface area (TPSA) is 18.5 Å². The van der Waals surface area contributed by atoms with E-state index in [1.54, 1.807) is 0 Å². The van der Waals surface area contributed by atoms with Crippen molar-refractivity contribution in [2.75, 3.05) is 13.2 Å². The summed E-state index contributed by atoms with van der Waals surface area (Å²) in [7, 11) is 0. The van der Waals surface area contributed by atoms with E-state index in [0.717, 1.165) is 25.0 Å². The van der Waals surface area contributed by atoms with Crippen molar-refractivity contribution in [1.82, 2.24) is 0 Å². The lowest BCUT2D eigenvalue weighted by molar-refractivity contribution is -0.0905. The maximum absolute atomic E-state index is 5.60. The maximum atomic E-state index is 5.60. The van der Waals surface area contributed by atoms with E-state index in [0.29, 0.717) is 0 Å². The summed E-state index contributed by atoms with van der Waals surface area (Å²) in [5.74, 6) is 1.51. The molecular formula is C11H20O2. The van der Waals surface area contributed by atoms with Crippen LogP contribution in [0.1, 0.15) is 39.0 Å². The highest BCUT2D eigenvalue weighted by Gasteiger charge is 2.40. The molecule has 76 valence electrons. The molecule has 2 aliphatic heterocycles. The van der Waals surface area contributed by atoms with Crippen molar-refractivity contribution in [3.8, 4) is 0 Å². The maximum Gasteiger partial charge on any atom is 0.160 e. The molecule has 2 rings (SSSR count). The number of hydrogen-bond donors (Lipinski definition) is 0. The van der Waals surface area contributed by atoms with Crippen LogP contribution in [0.5, 0.6) is 0 Å². The van der Waals surface area contributed by atoms with Crippen molar-refractivity contribution < 1.29 is 9.47 Å². The van der Waals surface area contributed by atoms with Gasteiger partial charge >= 0.3 is 0 Å². The molecule has 0 aromatic rings. The standard InChI is InChI=1S/C11H20O2/c1-2-3-4-5-9-8-13-11-10(9)6-7-12-11/h9-11H,2-8H2,1H3. The monoisotopic (exact) mass is 184 g/mol. The lowest BCUT2D eigenvalue weighted by Gasteiger charge is -2.13. The van der Waals surface area contributed by atoms with Crippen molar-refractivity contribution >= 4 is 0 Å². The molecule has 13 heavy (non-hydrogen) atoms. The van der Waals surface area contributed by atoms with Gasteiger partial charge in [0, 0.05) is 5.92 Å². The highest BCUT2D eigenvalue weighted by molar-refractivity contribution is 4.82. The molecule has 0 radical (unpaired) electrons. The fraction of sp³-hybridized carbons (Fsp3) is 1.00. The largest absolute Gasteiger partial charge is 0.352 e. The third-order valence-electron chi connectivity index (χ3n) is 3.34. The molecule has 2 heteroatoms. The van der Waals surface area contributed by atoms with Gasteiger partial charge in [-0.15, -0.1) is 0 Å².